The number of nitrogens with one attached hydrogen (secondary N) is 2. The summed E-state index contributed by atoms with van der Waals surface area (Å²) in [6, 6.07) is 0.300. The van der Waals surface area contributed by atoms with Crippen LogP contribution in [0.3, 0.4) is 0 Å². The molecule has 0 spiro atoms. The van der Waals surface area contributed by atoms with Gasteiger partial charge in [0.1, 0.15) is 11.9 Å². The predicted octanol–water partition coefficient (Wildman–Crippen LogP) is 0.889. The van der Waals surface area contributed by atoms with Crippen LogP contribution in [0.4, 0.5) is 5.82 Å². The van der Waals surface area contributed by atoms with Crippen LogP contribution in [0.15, 0.2) is 6.20 Å². The first-order valence-corrected chi connectivity index (χ1v) is 12.8. The van der Waals surface area contributed by atoms with Crippen molar-refractivity contribution in [3.05, 3.63) is 17.3 Å². The summed E-state index contributed by atoms with van der Waals surface area (Å²) in [6.45, 7) is -0.229. The lowest BCUT2D eigenvalue weighted by Gasteiger charge is -2.19. The van der Waals surface area contributed by atoms with Gasteiger partial charge in [0.05, 0.1) is 24.3 Å². The van der Waals surface area contributed by atoms with Crippen LogP contribution in [0, 0.1) is 0 Å². The van der Waals surface area contributed by atoms with Gasteiger partial charge in [-0.2, -0.15) is 15.1 Å². The molecule has 1 aliphatic heterocycles. The van der Waals surface area contributed by atoms with Crippen LogP contribution in [0.25, 0.3) is 11.0 Å². The number of aromatic amines is 1. The Hall–Kier alpha value is -2.26. The molecule has 17 heteroatoms. The average molecular weight is 516 g/mol. The van der Waals surface area contributed by atoms with E-state index in [1.165, 1.54) is 4.68 Å². The zero-order valence-corrected chi connectivity index (χ0v) is 19.4. The number of aromatic nitrogens is 8. The van der Waals surface area contributed by atoms with E-state index in [4.69, 9.17) is 21.1 Å². The Bertz CT molecular complexity index is 1180. The van der Waals surface area contributed by atoms with Gasteiger partial charge in [-0.15, -0.1) is 5.10 Å². The minimum atomic E-state index is -4.73. The van der Waals surface area contributed by atoms with E-state index < -0.39 is 31.9 Å². The summed E-state index contributed by atoms with van der Waals surface area (Å²) in [4.78, 5) is 27.8. The molecular formula is C17H23ClN9O6P. The maximum atomic E-state index is 11.8. The van der Waals surface area contributed by atoms with Gasteiger partial charge in [-0.25, -0.2) is 9.78 Å². The Balaban J connectivity index is 1.32. The highest BCUT2D eigenvalue weighted by Gasteiger charge is 2.40. The van der Waals surface area contributed by atoms with Gasteiger partial charge < -0.3 is 29.7 Å². The van der Waals surface area contributed by atoms with Crippen molar-refractivity contribution in [2.45, 2.75) is 62.4 Å². The van der Waals surface area contributed by atoms with Crippen LogP contribution < -0.4 is 5.32 Å². The number of fused-ring (bicyclic) bond motifs is 1. The quantitative estimate of drug-likeness (QED) is 0.209. The molecule has 15 nitrogen and oxygen atoms in total. The van der Waals surface area contributed by atoms with Crippen LogP contribution in [-0.4, -0.2) is 80.1 Å². The second kappa shape index (κ2) is 9.41. The summed E-state index contributed by atoms with van der Waals surface area (Å²) in [5.74, 6) is -1.33. The van der Waals surface area contributed by atoms with E-state index in [2.05, 4.69) is 41.0 Å². The van der Waals surface area contributed by atoms with Crippen molar-refractivity contribution in [1.82, 2.24) is 40.4 Å². The Morgan fingerprint density at radius 3 is 2.85 bits per heavy atom. The fourth-order valence-corrected chi connectivity index (χ4v) is 5.19. The molecule has 5 N–H and O–H groups in total. The highest BCUT2D eigenvalue weighted by Crippen LogP contribution is 2.51. The number of hydrogen-bond acceptors (Lipinski definition) is 11. The molecule has 1 saturated heterocycles. The zero-order chi connectivity index (χ0) is 23.9. The van der Waals surface area contributed by atoms with Crippen LogP contribution in [0.2, 0.25) is 5.28 Å². The summed E-state index contributed by atoms with van der Waals surface area (Å²) in [5.41, 5.74) is 0.395. The summed E-state index contributed by atoms with van der Waals surface area (Å²) < 4.78 is 24.5. The SMILES string of the molecule is O=P(O)(O)C(OC[C@@H]1C[C@@H](O)[C@H](n2ncc3c(NC4CCCC4)nc(Cl)nc32)O1)c1nnn[nH]1. The van der Waals surface area contributed by atoms with Gasteiger partial charge >= 0.3 is 7.60 Å². The summed E-state index contributed by atoms with van der Waals surface area (Å²) in [5, 5.41) is 31.5. The molecule has 0 bridgehead atoms. The van der Waals surface area contributed by atoms with Crippen molar-refractivity contribution in [3.63, 3.8) is 0 Å². The minimum absolute atomic E-state index is 0.0345. The van der Waals surface area contributed by atoms with E-state index >= 15 is 0 Å². The Morgan fingerprint density at radius 2 is 2.15 bits per heavy atom. The first-order valence-electron chi connectivity index (χ1n) is 10.7. The fourth-order valence-electron chi connectivity index (χ4n) is 4.32. The monoisotopic (exact) mass is 515 g/mol. The third-order valence-corrected chi connectivity index (χ3v) is 7.04. The normalized spacial score (nSPS) is 24.8. The molecule has 5 rings (SSSR count). The molecule has 0 amide bonds. The number of H-pyrrole nitrogens is 1. The number of ether oxygens (including phenoxy) is 2. The first-order chi connectivity index (χ1) is 16.3. The molecule has 184 valence electrons. The Morgan fingerprint density at radius 1 is 1.35 bits per heavy atom. The molecule has 3 aromatic heterocycles. The number of aliphatic hydroxyl groups excluding tert-OH is 1. The van der Waals surface area contributed by atoms with Gasteiger partial charge in [0.2, 0.25) is 11.1 Å². The van der Waals surface area contributed by atoms with E-state index in [-0.39, 0.29) is 24.1 Å². The van der Waals surface area contributed by atoms with Gasteiger partial charge in [-0.05, 0) is 34.9 Å². The van der Waals surface area contributed by atoms with Crippen molar-refractivity contribution in [2.24, 2.45) is 0 Å². The summed E-state index contributed by atoms with van der Waals surface area (Å²) in [7, 11) is -4.73. The van der Waals surface area contributed by atoms with E-state index in [0.717, 1.165) is 25.7 Å². The van der Waals surface area contributed by atoms with Crippen molar-refractivity contribution in [1.29, 1.82) is 0 Å². The van der Waals surface area contributed by atoms with Crippen molar-refractivity contribution >= 4 is 36.0 Å². The molecule has 3 aromatic rings. The minimum Gasteiger partial charge on any atom is -0.388 e. The smallest absolute Gasteiger partial charge is 0.361 e. The second-order valence-electron chi connectivity index (χ2n) is 8.31. The standard InChI is InChI=1S/C17H23ClN9O6P/c18-17-21-12(20-8-3-1-2-4-8)10-6-19-27(14(10)22-17)15-11(28)5-9(33-15)7-32-16(34(29,30)31)13-23-25-26-24-13/h6,8-9,11,15-16,28H,1-5,7H2,(H,20,21,22)(H2,29,30,31)(H,23,24,25,26)/t9-,11+,15+,16?/m0/s1. The van der Waals surface area contributed by atoms with Gasteiger partial charge in [0.25, 0.3) is 0 Å². The maximum Gasteiger partial charge on any atom is 0.361 e. The third-order valence-electron chi connectivity index (χ3n) is 5.87. The summed E-state index contributed by atoms with van der Waals surface area (Å²) in [6.07, 6.45) is 3.56. The zero-order valence-electron chi connectivity index (χ0n) is 17.7. The van der Waals surface area contributed by atoms with Gasteiger partial charge in [0, 0.05) is 12.5 Å². The largest absolute Gasteiger partial charge is 0.388 e. The molecule has 1 aliphatic carbocycles. The number of hydrogen-bond donors (Lipinski definition) is 5. The lowest BCUT2D eigenvalue weighted by molar-refractivity contribution is -0.0717. The molecular weight excluding hydrogens is 493 g/mol. The van der Waals surface area contributed by atoms with Gasteiger partial charge in [0.15, 0.2) is 17.7 Å². The van der Waals surface area contributed by atoms with Crippen molar-refractivity contribution in [3.8, 4) is 0 Å². The fraction of sp³-hybridized carbons (Fsp3) is 0.647. The molecule has 4 atom stereocenters. The van der Waals surface area contributed by atoms with Crippen LogP contribution >= 0.6 is 19.2 Å². The first kappa shape index (κ1) is 23.5. The topological polar surface area (TPSA) is 206 Å². The highest BCUT2D eigenvalue weighted by atomic mass is 35.5. The molecule has 2 aliphatic rings. The number of halogens is 1. The van der Waals surface area contributed by atoms with E-state index in [1.54, 1.807) is 6.20 Å². The van der Waals surface area contributed by atoms with Crippen LogP contribution in [-0.2, 0) is 14.0 Å². The number of rotatable bonds is 8. The molecule has 34 heavy (non-hydrogen) atoms. The third kappa shape index (κ3) is 4.77. The van der Waals surface area contributed by atoms with E-state index in [0.29, 0.717) is 22.9 Å². The molecule has 1 unspecified atom stereocenters. The lowest BCUT2D eigenvalue weighted by Crippen LogP contribution is -2.22. The molecule has 1 saturated carbocycles. The number of tetrazole rings is 1. The van der Waals surface area contributed by atoms with E-state index in [9.17, 15) is 19.5 Å². The van der Waals surface area contributed by atoms with Crippen molar-refractivity contribution < 1.29 is 28.9 Å². The Kier molecular flexibility index (Phi) is 6.50. The molecule has 2 fully saturated rings. The maximum absolute atomic E-state index is 11.8. The number of aliphatic hydroxyl groups is 1. The number of nitrogens with zero attached hydrogens (tertiary/aromatic N) is 7. The van der Waals surface area contributed by atoms with Gasteiger partial charge in [-0.1, -0.05) is 12.8 Å². The Labute approximate surface area is 197 Å². The lowest BCUT2D eigenvalue weighted by atomic mass is 10.2. The number of anilines is 1. The van der Waals surface area contributed by atoms with Crippen LogP contribution in [0.5, 0.6) is 0 Å². The summed E-state index contributed by atoms with van der Waals surface area (Å²) >= 11 is 6.17. The molecule has 0 radical (unpaired) electrons. The van der Waals surface area contributed by atoms with Crippen molar-refractivity contribution in [2.75, 3.05) is 11.9 Å². The molecule has 0 aromatic carbocycles. The molecule has 4 heterocycles. The highest BCUT2D eigenvalue weighted by molar-refractivity contribution is 7.51. The predicted molar refractivity (Wildman–Crippen MR) is 116 cm³/mol. The average Bonchev–Trinajstić information content (AvgIpc) is 3.55. The van der Waals surface area contributed by atoms with Crippen LogP contribution in [0.1, 0.15) is 50.0 Å². The van der Waals surface area contributed by atoms with Gasteiger partial charge in [-0.3, -0.25) is 4.57 Å². The van der Waals surface area contributed by atoms with E-state index in [1.807, 2.05) is 0 Å². The second-order valence-corrected chi connectivity index (χ2v) is 10.3.